The van der Waals surface area contributed by atoms with E-state index in [0.717, 1.165) is 24.1 Å². The lowest BCUT2D eigenvalue weighted by Gasteiger charge is -2.45. The van der Waals surface area contributed by atoms with Crippen LogP contribution in [-0.2, 0) is 0 Å². The molecule has 3 aliphatic rings. The normalized spacial score (nSPS) is 25.1. The van der Waals surface area contributed by atoms with Crippen LogP contribution in [0, 0.1) is 28.5 Å². The van der Waals surface area contributed by atoms with E-state index in [1.54, 1.807) is 18.2 Å². The van der Waals surface area contributed by atoms with Crippen LogP contribution in [-0.4, -0.2) is 72.7 Å². The molecule has 3 fully saturated rings. The molecule has 0 aliphatic carbocycles. The van der Waals surface area contributed by atoms with Crippen LogP contribution >= 0.6 is 22.9 Å². The fourth-order valence-corrected chi connectivity index (χ4v) is 8.87. The fraction of sp³-hybridized carbons (Fsp3) is 0.485. The van der Waals surface area contributed by atoms with Gasteiger partial charge in [0, 0.05) is 64.1 Å². The zero-order valence-electron chi connectivity index (χ0n) is 25.6. The van der Waals surface area contributed by atoms with Crippen molar-refractivity contribution in [3.63, 3.8) is 0 Å². The number of nitrogen functional groups attached to an aromatic ring is 1. The first-order chi connectivity index (χ1) is 22.1. The molecule has 4 aromatic rings. The first kappa shape index (κ1) is 31.2. The Morgan fingerprint density at radius 1 is 1.24 bits per heavy atom. The lowest BCUT2D eigenvalue weighted by atomic mass is 9.73. The molecule has 3 saturated heterocycles. The highest BCUT2D eigenvalue weighted by Gasteiger charge is 2.45. The first-order valence-electron chi connectivity index (χ1n) is 15.7. The van der Waals surface area contributed by atoms with Gasteiger partial charge in [0.15, 0.2) is 5.82 Å². The molecule has 0 radical (unpaired) electrons. The van der Waals surface area contributed by atoms with Crippen molar-refractivity contribution in [2.75, 3.05) is 50.0 Å². The Labute approximate surface area is 274 Å². The van der Waals surface area contributed by atoms with Crippen LogP contribution in [0.15, 0.2) is 24.3 Å². The number of nitrogens with one attached hydrogen (secondary N) is 1. The van der Waals surface area contributed by atoms with Crippen LogP contribution in [0.1, 0.15) is 38.7 Å². The lowest BCUT2D eigenvalue weighted by Crippen LogP contribution is -2.52. The van der Waals surface area contributed by atoms with Gasteiger partial charge in [-0.15, -0.1) is 11.3 Å². The van der Waals surface area contributed by atoms with Crippen molar-refractivity contribution in [1.82, 2.24) is 20.2 Å². The van der Waals surface area contributed by atoms with Crippen molar-refractivity contribution in [3.8, 4) is 23.2 Å². The van der Waals surface area contributed by atoms with E-state index in [0.29, 0.717) is 59.8 Å². The summed E-state index contributed by atoms with van der Waals surface area (Å²) in [5.41, 5.74) is 6.10. The van der Waals surface area contributed by atoms with Crippen molar-refractivity contribution >= 4 is 54.7 Å². The average Bonchev–Trinajstić information content (AvgIpc) is 3.55. The average molecular weight is 670 g/mol. The van der Waals surface area contributed by atoms with Gasteiger partial charge in [0.1, 0.15) is 22.4 Å². The quantitative estimate of drug-likeness (QED) is 0.224. The van der Waals surface area contributed by atoms with Crippen LogP contribution in [0.5, 0.6) is 6.01 Å². The maximum absolute atomic E-state index is 16.9. The molecule has 2 aromatic heterocycles. The summed E-state index contributed by atoms with van der Waals surface area (Å²) >= 11 is 8.13. The number of aromatic nitrogens is 2. The van der Waals surface area contributed by atoms with Gasteiger partial charge in [-0.3, -0.25) is 0 Å². The molecule has 0 amide bonds. The molecule has 3 aliphatic heterocycles. The number of fused-ring (bicyclic) bond motifs is 4. The standard InChI is InChI=1S/C33H35ClF3N7OS/c1-3-43-10-9-22(29(36)37)33(2,15-43)16-45-32-41-28-20(31(42-32)44-13-17-7-8-18(14-44)40-17)11-23(34)26(27(28)35)19-5-4-6-24-25(19)21(12-38)30(39)46-24/h4-6,11,17-18,22,29,40H,3,7-10,13-16,39H2,1-2H3/t17-,18+,22-,33+/m1/s1. The van der Waals surface area contributed by atoms with Crippen LogP contribution in [0.2, 0.25) is 5.02 Å². The van der Waals surface area contributed by atoms with Gasteiger partial charge >= 0.3 is 6.01 Å². The Kier molecular flexibility index (Phi) is 8.16. The minimum Gasteiger partial charge on any atom is -0.463 e. The largest absolute Gasteiger partial charge is 0.463 e. The molecular formula is C33H35ClF3N7OS. The molecule has 7 rings (SSSR count). The number of piperidine rings is 1. The summed E-state index contributed by atoms with van der Waals surface area (Å²) in [6, 6.07) is 9.62. The van der Waals surface area contributed by atoms with Crippen LogP contribution < -0.4 is 20.7 Å². The van der Waals surface area contributed by atoms with Gasteiger partial charge in [0.05, 0.1) is 17.2 Å². The van der Waals surface area contributed by atoms with Crippen LogP contribution in [0.25, 0.3) is 32.1 Å². The van der Waals surface area contributed by atoms with Crippen molar-refractivity contribution < 1.29 is 17.9 Å². The van der Waals surface area contributed by atoms with Crippen molar-refractivity contribution in [2.24, 2.45) is 11.3 Å². The molecular weight excluding hydrogens is 635 g/mol. The summed E-state index contributed by atoms with van der Waals surface area (Å²) in [5, 5.41) is 14.9. The topological polar surface area (TPSA) is 103 Å². The number of halogens is 4. The third-order valence-corrected chi connectivity index (χ3v) is 11.3. The number of nitrogens with zero attached hydrogens (tertiary/aromatic N) is 5. The maximum Gasteiger partial charge on any atom is 0.319 e. The Balaban J connectivity index is 1.36. The van der Waals surface area contributed by atoms with E-state index in [2.05, 4.69) is 26.2 Å². The van der Waals surface area contributed by atoms with Gasteiger partial charge in [-0.25, -0.2) is 13.2 Å². The number of hydrogen-bond acceptors (Lipinski definition) is 9. The van der Waals surface area contributed by atoms with E-state index in [1.807, 2.05) is 19.9 Å². The molecule has 8 nitrogen and oxygen atoms in total. The summed E-state index contributed by atoms with van der Waals surface area (Å²) in [6.07, 6.45) is -0.0727. The highest BCUT2D eigenvalue weighted by Crippen LogP contribution is 2.45. The van der Waals surface area contributed by atoms with Crippen LogP contribution in [0.3, 0.4) is 0 Å². The van der Waals surface area contributed by atoms with Crippen LogP contribution in [0.4, 0.5) is 24.0 Å². The van der Waals surface area contributed by atoms with Crippen molar-refractivity contribution in [2.45, 2.75) is 51.6 Å². The third-order valence-electron chi connectivity index (χ3n) is 10.0. The molecule has 5 heterocycles. The van der Waals surface area contributed by atoms with E-state index < -0.39 is 23.6 Å². The molecule has 4 atom stereocenters. The summed E-state index contributed by atoms with van der Waals surface area (Å²) in [4.78, 5) is 13.6. The number of anilines is 2. The Morgan fingerprint density at radius 3 is 2.70 bits per heavy atom. The molecule has 46 heavy (non-hydrogen) atoms. The molecule has 0 unspecified atom stereocenters. The number of nitrogens with two attached hydrogens (primary N) is 1. The second-order valence-corrected chi connectivity index (χ2v) is 14.5. The van der Waals surface area contributed by atoms with E-state index in [4.69, 9.17) is 27.1 Å². The minimum absolute atomic E-state index is 0.0124. The molecule has 13 heteroatoms. The van der Waals surface area contributed by atoms with Gasteiger partial charge in [0.25, 0.3) is 0 Å². The molecule has 0 saturated carbocycles. The minimum atomic E-state index is -2.49. The van der Waals surface area contributed by atoms with Gasteiger partial charge in [-0.1, -0.05) is 37.6 Å². The van der Waals surface area contributed by atoms with E-state index in [9.17, 15) is 14.0 Å². The van der Waals surface area contributed by atoms with Crippen molar-refractivity contribution in [3.05, 3.63) is 40.7 Å². The SMILES string of the molecule is CCN1CC[C@H](C(F)F)[C@](C)(COc2nc(N3C[C@H]4CC[C@@H](C3)N4)c3cc(Cl)c(-c4cccc5sc(N)c(C#N)c45)c(F)c3n2)C1. The summed E-state index contributed by atoms with van der Waals surface area (Å²) < 4.78 is 52.3. The number of nitriles is 1. The number of likely N-dealkylation sites (tertiary alicyclic amines) is 1. The first-order valence-corrected chi connectivity index (χ1v) is 16.8. The van der Waals surface area contributed by atoms with E-state index >= 15 is 4.39 Å². The van der Waals surface area contributed by atoms with Crippen molar-refractivity contribution in [1.29, 1.82) is 5.26 Å². The second-order valence-electron chi connectivity index (χ2n) is 13.0. The summed E-state index contributed by atoms with van der Waals surface area (Å²) in [7, 11) is 0. The van der Waals surface area contributed by atoms with Gasteiger partial charge in [-0.2, -0.15) is 15.2 Å². The molecule has 2 aromatic carbocycles. The number of rotatable bonds is 7. The summed E-state index contributed by atoms with van der Waals surface area (Å²) in [6.45, 7) is 6.92. The monoisotopic (exact) mass is 669 g/mol. The predicted molar refractivity (Wildman–Crippen MR) is 176 cm³/mol. The highest BCUT2D eigenvalue weighted by molar-refractivity contribution is 7.23. The molecule has 0 spiro atoms. The second kappa shape index (κ2) is 12.0. The number of piperazine rings is 1. The van der Waals surface area contributed by atoms with Gasteiger partial charge in [0.2, 0.25) is 6.43 Å². The molecule has 242 valence electrons. The Hall–Kier alpha value is -3.37. The number of alkyl halides is 2. The fourth-order valence-electron chi connectivity index (χ4n) is 7.63. The lowest BCUT2D eigenvalue weighted by molar-refractivity contribution is -0.0721. The Bertz CT molecular complexity index is 1850. The Morgan fingerprint density at radius 2 is 2.00 bits per heavy atom. The summed E-state index contributed by atoms with van der Waals surface area (Å²) in [5.74, 6) is -1.04. The van der Waals surface area contributed by atoms with E-state index in [1.165, 1.54) is 11.3 Å². The molecule has 2 bridgehead atoms. The zero-order valence-corrected chi connectivity index (χ0v) is 27.2. The van der Waals surface area contributed by atoms with Gasteiger partial charge in [-0.05, 0) is 50.0 Å². The third kappa shape index (κ3) is 5.31. The number of ether oxygens (including phenoxy) is 1. The number of thiophene rings is 1. The predicted octanol–water partition coefficient (Wildman–Crippen LogP) is 6.69. The maximum atomic E-state index is 16.9. The number of hydrogen-bond donors (Lipinski definition) is 2. The van der Waals surface area contributed by atoms with E-state index in [-0.39, 0.29) is 46.4 Å². The smallest absolute Gasteiger partial charge is 0.319 e. The zero-order chi connectivity index (χ0) is 32.3. The number of benzene rings is 2. The molecule has 3 N–H and O–H groups in total. The highest BCUT2D eigenvalue weighted by atomic mass is 35.5. The van der Waals surface area contributed by atoms with Gasteiger partial charge < -0.3 is 25.6 Å².